The number of hydrogen-bond donors (Lipinski definition) is 0. The smallest absolute Gasteiger partial charge is 0.0843 e. The molecule has 0 N–H and O–H groups in total. The predicted octanol–water partition coefficient (Wildman–Crippen LogP) is 5.15. The molecule has 0 fully saturated rings. The van der Waals surface area contributed by atoms with Crippen molar-refractivity contribution in [2.75, 3.05) is 0 Å². The van der Waals surface area contributed by atoms with Crippen LogP contribution in [0.2, 0.25) is 0 Å². The van der Waals surface area contributed by atoms with Crippen LogP contribution in [0.15, 0.2) is 39.5 Å². The lowest BCUT2D eigenvalue weighted by Gasteiger charge is -2.07. The highest BCUT2D eigenvalue weighted by Gasteiger charge is 2.11. The van der Waals surface area contributed by atoms with Gasteiger partial charge in [-0.25, -0.2) is 0 Å². The molecule has 0 aliphatic rings. The summed E-state index contributed by atoms with van der Waals surface area (Å²) >= 11 is 11.5. The first kappa shape index (κ1) is 11.2. The van der Waals surface area contributed by atoms with Gasteiger partial charge in [0.15, 0.2) is 0 Å². The molecule has 1 aromatic heterocycles. The fraction of sp³-hybridized carbons (Fsp3) is 0.167. The van der Waals surface area contributed by atoms with Crippen molar-refractivity contribution in [2.45, 2.75) is 12.3 Å². The lowest BCUT2D eigenvalue weighted by molar-refractivity contribution is 1.15. The molecule has 1 heterocycles. The zero-order chi connectivity index (χ0) is 10.8. The largest absolute Gasteiger partial charge is 0.136 e. The Kier molecular flexibility index (Phi) is 3.49. The van der Waals surface area contributed by atoms with Crippen molar-refractivity contribution in [3.8, 4) is 0 Å². The number of alkyl halides is 1. The Morgan fingerprint density at radius 3 is 2.40 bits per heavy atom. The van der Waals surface area contributed by atoms with Gasteiger partial charge < -0.3 is 0 Å². The zero-order valence-corrected chi connectivity index (χ0v) is 11.4. The molecule has 2 aromatic rings. The maximum atomic E-state index is 6.38. The van der Waals surface area contributed by atoms with E-state index < -0.39 is 0 Å². The quantitative estimate of drug-likeness (QED) is 0.673. The first-order valence-corrected chi connectivity index (χ1v) is 6.72. The Morgan fingerprint density at radius 2 is 1.87 bits per heavy atom. The second-order valence-corrected chi connectivity index (χ2v) is 6.18. The number of hydrogen-bond acceptors (Lipinski definition) is 1. The molecule has 1 atom stereocenters. The first-order valence-electron chi connectivity index (χ1n) is 4.61. The van der Waals surface area contributed by atoms with Crippen LogP contribution in [0.1, 0.15) is 22.1 Å². The van der Waals surface area contributed by atoms with Gasteiger partial charge in [-0.2, -0.15) is 0 Å². The SMILES string of the molecule is Cc1ccc(C(Cl)c2csc(Br)c2)cc1. The van der Waals surface area contributed by atoms with Gasteiger partial charge >= 0.3 is 0 Å². The van der Waals surface area contributed by atoms with Crippen LogP contribution in [0.25, 0.3) is 0 Å². The Labute approximate surface area is 107 Å². The Hall–Kier alpha value is -0.310. The van der Waals surface area contributed by atoms with Crippen LogP contribution in [0.4, 0.5) is 0 Å². The van der Waals surface area contributed by atoms with Crippen LogP contribution >= 0.6 is 38.9 Å². The molecular weight excluding hydrogens is 292 g/mol. The van der Waals surface area contributed by atoms with Gasteiger partial charge in [0.25, 0.3) is 0 Å². The van der Waals surface area contributed by atoms with Gasteiger partial charge in [-0.05, 0) is 45.4 Å². The molecule has 3 heteroatoms. The number of benzene rings is 1. The van der Waals surface area contributed by atoms with E-state index in [1.165, 1.54) is 5.56 Å². The molecule has 0 amide bonds. The minimum atomic E-state index is -0.0480. The molecule has 78 valence electrons. The molecule has 0 saturated heterocycles. The van der Waals surface area contributed by atoms with Crippen LogP contribution < -0.4 is 0 Å². The fourth-order valence-corrected chi connectivity index (χ4v) is 2.93. The Morgan fingerprint density at radius 1 is 1.20 bits per heavy atom. The highest BCUT2D eigenvalue weighted by atomic mass is 79.9. The molecule has 1 aromatic carbocycles. The van der Waals surface area contributed by atoms with Crippen molar-refractivity contribution in [2.24, 2.45) is 0 Å². The van der Waals surface area contributed by atoms with E-state index in [0.717, 1.165) is 14.9 Å². The van der Waals surface area contributed by atoms with Crippen molar-refractivity contribution in [1.29, 1.82) is 0 Å². The normalized spacial score (nSPS) is 12.7. The number of rotatable bonds is 2. The molecule has 0 bridgehead atoms. The summed E-state index contributed by atoms with van der Waals surface area (Å²) in [4.78, 5) is 0. The van der Waals surface area contributed by atoms with E-state index in [4.69, 9.17) is 11.6 Å². The minimum Gasteiger partial charge on any atom is -0.136 e. The van der Waals surface area contributed by atoms with E-state index in [-0.39, 0.29) is 5.38 Å². The van der Waals surface area contributed by atoms with Crippen LogP contribution in [0.5, 0.6) is 0 Å². The monoisotopic (exact) mass is 300 g/mol. The average Bonchev–Trinajstić information content (AvgIpc) is 2.65. The van der Waals surface area contributed by atoms with E-state index in [2.05, 4.69) is 58.6 Å². The van der Waals surface area contributed by atoms with Gasteiger partial charge in [-0.15, -0.1) is 22.9 Å². The van der Waals surface area contributed by atoms with Crippen LogP contribution in [0, 0.1) is 6.92 Å². The summed E-state index contributed by atoms with van der Waals surface area (Å²) in [6, 6.07) is 10.4. The van der Waals surface area contributed by atoms with Gasteiger partial charge in [0, 0.05) is 0 Å². The lowest BCUT2D eigenvalue weighted by atomic mass is 10.1. The maximum absolute atomic E-state index is 6.38. The third-order valence-corrected chi connectivity index (χ3v) is 4.28. The fourth-order valence-electron chi connectivity index (χ4n) is 1.38. The molecule has 0 aliphatic heterocycles. The van der Waals surface area contributed by atoms with Crippen molar-refractivity contribution >= 4 is 38.9 Å². The predicted molar refractivity (Wildman–Crippen MR) is 70.9 cm³/mol. The highest BCUT2D eigenvalue weighted by molar-refractivity contribution is 9.11. The van der Waals surface area contributed by atoms with E-state index in [0.29, 0.717) is 0 Å². The molecule has 15 heavy (non-hydrogen) atoms. The number of halogens is 2. The molecule has 0 aliphatic carbocycles. The van der Waals surface area contributed by atoms with Gasteiger partial charge in [0.05, 0.1) is 9.16 Å². The van der Waals surface area contributed by atoms with Crippen molar-refractivity contribution in [1.82, 2.24) is 0 Å². The summed E-state index contributed by atoms with van der Waals surface area (Å²) in [5.41, 5.74) is 3.55. The summed E-state index contributed by atoms with van der Waals surface area (Å²) in [7, 11) is 0. The molecule has 0 nitrogen and oxygen atoms in total. The average molecular weight is 302 g/mol. The molecule has 1 unspecified atom stereocenters. The van der Waals surface area contributed by atoms with Gasteiger partial charge in [-0.1, -0.05) is 29.8 Å². The molecule has 2 rings (SSSR count). The van der Waals surface area contributed by atoms with Gasteiger partial charge in [-0.3, -0.25) is 0 Å². The third-order valence-electron chi connectivity index (χ3n) is 2.25. The highest BCUT2D eigenvalue weighted by Crippen LogP contribution is 2.33. The van der Waals surface area contributed by atoms with Gasteiger partial charge in [0.1, 0.15) is 0 Å². The van der Waals surface area contributed by atoms with Crippen LogP contribution in [0.3, 0.4) is 0 Å². The summed E-state index contributed by atoms with van der Waals surface area (Å²) < 4.78 is 1.12. The molecule has 0 spiro atoms. The standard InChI is InChI=1S/C12H10BrClS/c1-8-2-4-9(5-3-8)12(14)10-6-11(13)15-7-10/h2-7,12H,1H3. The van der Waals surface area contributed by atoms with Gasteiger partial charge in [0.2, 0.25) is 0 Å². The van der Waals surface area contributed by atoms with E-state index in [1.807, 2.05) is 0 Å². The Bertz CT molecular complexity index is 447. The Balaban J connectivity index is 2.28. The lowest BCUT2D eigenvalue weighted by Crippen LogP contribution is -1.90. The van der Waals surface area contributed by atoms with Crippen molar-refractivity contribution in [3.05, 3.63) is 56.2 Å². The minimum absolute atomic E-state index is 0.0480. The summed E-state index contributed by atoms with van der Waals surface area (Å²) in [5.74, 6) is 0. The summed E-state index contributed by atoms with van der Waals surface area (Å²) in [6.07, 6.45) is 0. The maximum Gasteiger partial charge on any atom is 0.0843 e. The molecule has 0 radical (unpaired) electrons. The van der Waals surface area contributed by atoms with Crippen LogP contribution in [-0.4, -0.2) is 0 Å². The van der Waals surface area contributed by atoms with E-state index in [9.17, 15) is 0 Å². The van der Waals surface area contributed by atoms with Crippen molar-refractivity contribution in [3.63, 3.8) is 0 Å². The topological polar surface area (TPSA) is 0 Å². The number of aryl methyl sites for hydroxylation is 1. The summed E-state index contributed by atoms with van der Waals surface area (Å²) in [5, 5.41) is 2.04. The number of thiophene rings is 1. The summed E-state index contributed by atoms with van der Waals surface area (Å²) in [6.45, 7) is 2.08. The first-order chi connectivity index (χ1) is 7.16. The third kappa shape index (κ3) is 2.63. The molecule has 0 saturated carbocycles. The van der Waals surface area contributed by atoms with E-state index in [1.54, 1.807) is 11.3 Å². The zero-order valence-electron chi connectivity index (χ0n) is 8.21. The van der Waals surface area contributed by atoms with Crippen molar-refractivity contribution < 1.29 is 0 Å². The second kappa shape index (κ2) is 4.69. The molecular formula is C12H10BrClS. The van der Waals surface area contributed by atoms with E-state index >= 15 is 0 Å². The van der Waals surface area contributed by atoms with Crippen LogP contribution in [-0.2, 0) is 0 Å². The second-order valence-electron chi connectivity index (χ2n) is 3.46.